The molecule has 0 aromatic heterocycles. The van der Waals surface area contributed by atoms with E-state index in [1.54, 1.807) is 0 Å². The minimum absolute atomic E-state index is 0.0278. The quantitative estimate of drug-likeness (QED) is 0.619. The third kappa shape index (κ3) is 1.46. The fourth-order valence-corrected chi connectivity index (χ4v) is 1.02. The van der Waals surface area contributed by atoms with Gasteiger partial charge in [-0.15, -0.1) is 0 Å². The first kappa shape index (κ1) is 5.63. The summed E-state index contributed by atoms with van der Waals surface area (Å²) in [5.41, 5.74) is 0. The molecule has 0 spiro atoms. The zero-order valence-electron chi connectivity index (χ0n) is 3.62. The molecule has 0 radical (unpaired) electrons. The molecule has 1 N–H and O–H groups in total. The Morgan fingerprint density at radius 3 is 2.43 bits per heavy atom. The standard InChI is InChI=1S/C4H5Br2N/c5-4(6)1-2-7-3-4/h1-2,7H,3H2. The maximum absolute atomic E-state index is 3.41. The maximum atomic E-state index is 3.41. The molecule has 0 saturated carbocycles. The van der Waals surface area contributed by atoms with E-state index < -0.39 is 0 Å². The fourth-order valence-electron chi connectivity index (χ4n) is 0.435. The van der Waals surface area contributed by atoms with Crippen molar-refractivity contribution in [2.24, 2.45) is 0 Å². The lowest BCUT2D eigenvalue weighted by molar-refractivity contribution is 0.913. The highest BCUT2D eigenvalue weighted by atomic mass is 79.9. The van der Waals surface area contributed by atoms with Crippen LogP contribution in [0.5, 0.6) is 0 Å². The second-order valence-corrected chi connectivity index (χ2v) is 5.37. The van der Waals surface area contributed by atoms with E-state index in [-0.39, 0.29) is 3.23 Å². The highest BCUT2D eigenvalue weighted by molar-refractivity contribution is 9.25. The highest BCUT2D eigenvalue weighted by Crippen LogP contribution is 2.28. The lowest BCUT2D eigenvalue weighted by Gasteiger charge is -2.05. The summed E-state index contributed by atoms with van der Waals surface area (Å²) in [5, 5.41) is 3.04. The van der Waals surface area contributed by atoms with Crippen LogP contribution in [0.2, 0.25) is 0 Å². The molecule has 1 rings (SSSR count). The Morgan fingerprint density at radius 1 is 1.57 bits per heavy atom. The minimum Gasteiger partial charge on any atom is -0.388 e. The summed E-state index contributed by atoms with van der Waals surface area (Å²) in [5.74, 6) is 0. The summed E-state index contributed by atoms with van der Waals surface area (Å²) >= 11 is 6.82. The SMILES string of the molecule is BrC1(Br)C=CNC1. The van der Waals surface area contributed by atoms with E-state index in [1.165, 1.54) is 0 Å². The molecule has 1 heterocycles. The van der Waals surface area contributed by atoms with Gasteiger partial charge in [0.1, 0.15) is 3.23 Å². The first-order valence-corrected chi connectivity index (χ1v) is 3.58. The largest absolute Gasteiger partial charge is 0.388 e. The number of nitrogens with one attached hydrogen (secondary N) is 1. The molecule has 3 heteroatoms. The Bertz CT molecular complexity index is 97.9. The zero-order chi connectivity index (χ0) is 5.33. The highest BCUT2D eigenvalue weighted by Gasteiger charge is 2.20. The molecule has 0 aromatic carbocycles. The van der Waals surface area contributed by atoms with Crippen molar-refractivity contribution < 1.29 is 0 Å². The molecule has 0 aliphatic carbocycles. The Hall–Kier alpha value is 0.500. The van der Waals surface area contributed by atoms with Crippen molar-refractivity contribution in [3.05, 3.63) is 12.3 Å². The molecule has 0 fully saturated rings. The van der Waals surface area contributed by atoms with E-state index in [0.29, 0.717) is 0 Å². The van der Waals surface area contributed by atoms with Gasteiger partial charge in [-0.25, -0.2) is 0 Å². The number of hydrogen-bond acceptors (Lipinski definition) is 1. The number of hydrogen-bond donors (Lipinski definition) is 1. The predicted molar refractivity (Wildman–Crippen MR) is 37.7 cm³/mol. The van der Waals surface area contributed by atoms with Gasteiger partial charge in [-0.3, -0.25) is 0 Å². The molecule has 40 valence electrons. The van der Waals surface area contributed by atoms with Gasteiger partial charge in [-0.1, -0.05) is 31.9 Å². The molecule has 0 saturated heterocycles. The predicted octanol–water partition coefficient (Wildman–Crippen LogP) is 1.59. The zero-order valence-corrected chi connectivity index (χ0v) is 6.79. The molecule has 1 aliphatic rings. The normalized spacial score (nSPS) is 24.9. The van der Waals surface area contributed by atoms with Crippen molar-refractivity contribution in [2.75, 3.05) is 6.54 Å². The maximum Gasteiger partial charge on any atom is 0.117 e. The molecule has 0 aromatic rings. The Kier molecular flexibility index (Phi) is 1.44. The Balaban J connectivity index is 2.57. The molecule has 1 nitrogen and oxygen atoms in total. The van der Waals surface area contributed by atoms with Gasteiger partial charge in [0.05, 0.1) is 0 Å². The van der Waals surface area contributed by atoms with Gasteiger partial charge in [0.15, 0.2) is 0 Å². The third-order valence-electron chi connectivity index (χ3n) is 0.783. The van der Waals surface area contributed by atoms with Gasteiger partial charge in [0.25, 0.3) is 0 Å². The van der Waals surface area contributed by atoms with Crippen molar-refractivity contribution in [3.63, 3.8) is 0 Å². The third-order valence-corrected chi connectivity index (χ3v) is 1.87. The lowest BCUT2D eigenvalue weighted by atomic mass is 10.5. The molecule has 0 bridgehead atoms. The van der Waals surface area contributed by atoms with E-state index in [4.69, 9.17) is 0 Å². The molecular formula is C4H5Br2N. The Labute approximate surface area is 59.4 Å². The molecule has 7 heavy (non-hydrogen) atoms. The summed E-state index contributed by atoms with van der Waals surface area (Å²) in [6.45, 7) is 0.924. The Morgan fingerprint density at radius 2 is 2.29 bits per heavy atom. The summed E-state index contributed by atoms with van der Waals surface area (Å²) < 4.78 is 0.0278. The van der Waals surface area contributed by atoms with Gasteiger partial charge in [0, 0.05) is 6.54 Å². The van der Waals surface area contributed by atoms with Crippen LogP contribution in [0.1, 0.15) is 0 Å². The van der Waals surface area contributed by atoms with E-state index in [0.717, 1.165) is 6.54 Å². The summed E-state index contributed by atoms with van der Waals surface area (Å²) in [4.78, 5) is 0. The number of rotatable bonds is 0. The van der Waals surface area contributed by atoms with Gasteiger partial charge >= 0.3 is 0 Å². The monoisotopic (exact) mass is 225 g/mol. The smallest absolute Gasteiger partial charge is 0.117 e. The van der Waals surface area contributed by atoms with Crippen molar-refractivity contribution in [1.29, 1.82) is 0 Å². The van der Waals surface area contributed by atoms with Gasteiger partial charge < -0.3 is 5.32 Å². The molecular weight excluding hydrogens is 222 g/mol. The first-order valence-electron chi connectivity index (χ1n) is 2.00. The first-order chi connectivity index (χ1) is 3.21. The van der Waals surface area contributed by atoms with Crippen LogP contribution in [0.3, 0.4) is 0 Å². The van der Waals surface area contributed by atoms with Crippen molar-refractivity contribution in [1.82, 2.24) is 5.32 Å². The summed E-state index contributed by atoms with van der Waals surface area (Å²) in [7, 11) is 0. The van der Waals surface area contributed by atoms with E-state index in [1.807, 2.05) is 12.3 Å². The van der Waals surface area contributed by atoms with Crippen LogP contribution in [0, 0.1) is 0 Å². The number of alkyl halides is 2. The molecule has 0 amide bonds. The molecule has 0 atom stereocenters. The topological polar surface area (TPSA) is 12.0 Å². The van der Waals surface area contributed by atoms with Crippen LogP contribution in [-0.2, 0) is 0 Å². The average molecular weight is 227 g/mol. The van der Waals surface area contributed by atoms with Gasteiger partial charge in [0.2, 0.25) is 0 Å². The van der Waals surface area contributed by atoms with Gasteiger partial charge in [-0.2, -0.15) is 0 Å². The van der Waals surface area contributed by atoms with E-state index >= 15 is 0 Å². The molecule has 0 unspecified atom stereocenters. The van der Waals surface area contributed by atoms with Crippen molar-refractivity contribution >= 4 is 31.9 Å². The summed E-state index contributed by atoms with van der Waals surface area (Å²) in [6, 6.07) is 0. The van der Waals surface area contributed by atoms with Crippen LogP contribution in [0.15, 0.2) is 12.3 Å². The van der Waals surface area contributed by atoms with E-state index in [9.17, 15) is 0 Å². The van der Waals surface area contributed by atoms with Crippen LogP contribution >= 0.6 is 31.9 Å². The van der Waals surface area contributed by atoms with Crippen LogP contribution < -0.4 is 5.32 Å². The summed E-state index contributed by atoms with van der Waals surface area (Å²) in [6.07, 6.45) is 3.94. The number of halogens is 2. The second kappa shape index (κ2) is 1.78. The van der Waals surface area contributed by atoms with Crippen LogP contribution in [0.25, 0.3) is 0 Å². The van der Waals surface area contributed by atoms with Gasteiger partial charge in [-0.05, 0) is 12.3 Å². The molecule has 1 aliphatic heterocycles. The van der Waals surface area contributed by atoms with E-state index in [2.05, 4.69) is 37.2 Å². The minimum atomic E-state index is 0.0278. The van der Waals surface area contributed by atoms with Crippen molar-refractivity contribution in [3.8, 4) is 0 Å². The second-order valence-electron chi connectivity index (χ2n) is 1.48. The van der Waals surface area contributed by atoms with Crippen LogP contribution in [0.4, 0.5) is 0 Å². The van der Waals surface area contributed by atoms with Crippen LogP contribution in [-0.4, -0.2) is 9.78 Å². The van der Waals surface area contributed by atoms with Crippen molar-refractivity contribution in [2.45, 2.75) is 3.23 Å². The average Bonchev–Trinajstić information content (AvgIpc) is 1.84. The fraction of sp³-hybridized carbons (Fsp3) is 0.500. The lowest BCUT2D eigenvalue weighted by Crippen LogP contribution is -2.15.